The minimum atomic E-state index is -4.70. The highest BCUT2D eigenvalue weighted by molar-refractivity contribution is 5.96. The van der Waals surface area contributed by atoms with Gasteiger partial charge in [0.05, 0.1) is 30.0 Å². The van der Waals surface area contributed by atoms with E-state index in [1.54, 1.807) is 0 Å². The van der Waals surface area contributed by atoms with E-state index in [4.69, 9.17) is 0 Å². The molecule has 0 spiro atoms. The van der Waals surface area contributed by atoms with Gasteiger partial charge in [-0.2, -0.15) is 18.3 Å². The molecule has 0 bridgehead atoms. The fourth-order valence-corrected chi connectivity index (χ4v) is 1.87. The van der Waals surface area contributed by atoms with Crippen molar-refractivity contribution in [2.75, 3.05) is 7.11 Å². The Balaban J connectivity index is 2.08. The third-order valence-corrected chi connectivity index (χ3v) is 3.08. The third-order valence-electron chi connectivity index (χ3n) is 3.08. The molecule has 0 unspecified atom stereocenters. The average molecular weight is 351 g/mol. The molecule has 1 N–H and O–H groups in total. The number of hydrogen-bond acceptors (Lipinski definition) is 5. The molecule has 0 fully saturated rings. The first-order valence-corrected chi connectivity index (χ1v) is 6.86. The number of nitrogens with zero attached hydrogens (tertiary/aromatic N) is 2. The number of nitrogens with one attached hydrogen (secondary N) is 1. The van der Waals surface area contributed by atoms with Gasteiger partial charge in [0, 0.05) is 12.4 Å². The number of rotatable bonds is 4. The summed E-state index contributed by atoms with van der Waals surface area (Å²) in [4.78, 5) is 26.5. The number of carbonyl (C=O) groups excluding carboxylic acids is 2. The number of hydrogen-bond donors (Lipinski definition) is 1. The van der Waals surface area contributed by atoms with Crippen LogP contribution in [0.3, 0.4) is 0 Å². The number of halogens is 3. The van der Waals surface area contributed by atoms with Crippen LogP contribution in [-0.2, 0) is 10.9 Å². The van der Waals surface area contributed by atoms with Gasteiger partial charge in [-0.05, 0) is 23.8 Å². The molecule has 130 valence electrons. The lowest BCUT2D eigenvalue weighted by atomic mass is 10.1. The van der Waals surface area contributed by atoms with Crippen molar-refractivity contribution in [3.63, 3.8) is 0 Å². The Labute approximate surface area is 140 Å². The zero-order chi connectivity index (χ0) is 18.4. The summed E-state index contributed by atoms with van der Waals surface area (Å²) < 4.78 is 43.0. The highest BCUT2D eigenvalue weighted by atomic mass is 19.4. The van der Waals surface area contributed by atoms with Gasteiger partial charge in [-0.1, -0.05) is 12.1 Å². The number of amides is 1. The van der Waals surface area contributed by atoms with Gasteiger partial charge in [0.2, 0.25) is 0 Å². The minimum Gasteiger partial charge on any atom is -0.465 e. The summed E-state index contributed by atoms with van der Waals surface area (Å²) in [6.45, 7) is 0. The van der Waals surface area contributed by atoms with Crippen LogP contribution in [0.15, 0.2) is 47.8 Å². The van der Waals surface area contributed by atoms with Crippen LogP contribution in [0.1, 0.15) is 31.8 Å². The predicted molar refractivity (Wildman–Crippen MR) is 82.1 cm³/mol. The standard InChI is InChI=1S/C16H12F3N3O3/c1-25-15(24)11-4-2-10(3-5-11)8-21-22-14(23)12-6-7-20-9-13(12)16(17,18)19/h2-9H,1H3,(H,22,23)/b21-8+. The van der Waals surface area contributed by atoms with Gasteiger partial charge in [-0.25, -0.2) is 10.2 Å². The Morgan fingerprint density at radius 2 is 1.88 bits per heavy atom. The SMILES string of the molecule is COC(=O)c1ccc(/C=N/NC(=O)c2ccncc2C(F)(F)F)cc1. The molecule has 1 heterocycles. The van der Waals surface area contributed by atoms with E-state index in [2.05, 4.69) is 14.8 Å². The van der Waals surface area contributed by atoms with Crippen LogP contribution in [-0.4, -0.2) is 30.2 Å². The van der Waals surface area contributed by atoms with E-state index in [-0.39, 0.29) is 0 Å². The molecule has 0 radical (unpaired) electrons. The van der Waals surface area contributed by atoms with Gasteiger partial charge in [0.25, 0.3) is 5.91 Å². The van der Waals surface area contributed by atoms with Gasteiger partial charge in [-0.15, -0.1) is 0 Å². The van der Waals surface area contributed by atoms with Crippen LogP contribution in [0, 0.1) is 0 Å². The van der Waals surface area contributed by atoms with Gasteiger partial charge in [0.15, 0.2) is 0 Å². The van der Waals surface area contributed by atoms with Crippen molar-refractivity contribution >= 4 is 18.1 Å². The summed E-state index contributed by atoms with van der Waals surface area (Å²) in [5.74, 6) is -1.52. The number of alkyl halides is 3. The molecule has 1 aromatic carbocycles. The number of pyridine rings is 1. The second kappa shape index (κ2) is 7.56. The molecule has 25 heavy (non-hydrogen) atoms. The molecule has 0 aliphatic rings. The summed E-state index contributed by atoms with van der Waals surface area (Å²) in [7, 11) is 1.25. The second-order valence-corrected chi connectivity index (χ2v) is 4.73. The Kier molecular flexibility index (Phi) is 5.48. The molecule has 0 aliphatic heterocycles. The van der Waals surface area contributed by atoms with Gasteiger partial charge in [0.1, 0.15) is 0 Å². The number of benzene rings is 1. The van der Waals surface area contributed by atoms with Crippen LogP contribution in [0.2, 0.25) is 0 Å². The van der Waals surface area contributed by atoms with Crippen LogP contribution in [0.4, 0.5) is 13.2 Å². The highest BCUT2D eigenvalue weighted by Crippen LogP contribution is 2.31. The maximum absolute atomic E-state index is 12.8. The van der Waals surface area contributed by atoms with Crippen molar-refractivity contribution in [1.29, 1.82) is 0 Å². The monoisotopic (exact) mass is 351 g/mol. The first-order valence-electron chi connectivity index (χ1n) is 6.86. The van der Waals surface area contributed by atoms with Crippen LogP contribution >= 0.6 is 0 Å². The number of methoxy groups -OCH3 is 1. The fourth-order valence-electron chi connectivity index (χ4n) is 1.87. The topological polar surface area (TPSA) is 80.6 Å². The molecule has 0 atom stereocenters. The molecular weight excluding hydrogens is 339 g/mol. The average Bonchev–Trinajstić information content (AvgIpc) is 2.60. The smallest absolute Gasteiger partial charge is 0.418 e. The van der Waals surface area contributed by atoms with E-state index in [0.717, 1.165) is 12.3 Å². The van der Waals surface area contributed by atoms with Crippen molar-refractivity contribution in [2.45, 2.75) is 6.18 Å². The fraction of sp³-hybridized carbons (Fsp3) is 0.125. The highest BCUT2D eigenvalue weighted by Gasteiger charge is 2.35. The molecule has 6 nitrogen and oxygen atoms in total. The van der Waals surface area contributed by atoms with Crippen molar-refractivity contribution in [3.05, 3.63) is 65.0 Å². The zero-order valence-electron chi connectivity index (χ0n) is 12.9. The van der Waals surface area contributed by atoms with E-state index in [1.807, 2.05) is 5.43 Å². The minimum absolute atomic E-state index is 0.329. The number of ether oxygens (including phenoxy) is 1. The largest absolute Gasteiger partial charge is 0.465 e. The normalized spacial score (nSPS) is 11.4. The van der Waals surface area contributed by atoms with Crippen molar-refractivity contribution in [3.8, 4) is 0 Å². The van der Waals surface area contributed by atoms with Crippen LogP contribution < -0.4 is 5.43 Å². The first-order chi connectivity index (χ1) is 11.8. The van der Waals surface area contributed by atoms with E-state index in [0.29, 0.717) is 17.3 Å². The van der Waals surface area contributed by atoms with E-state index < -0.39 is 29.2 Å². The number of esters is 1. The number of carbonyl (C=O) groups is 2. The van der Waals surface area contributed by atoms with Crippen molar-refractivity contribution in [2.24, 2.45) is 5.10 Å². The summed E-state index contributed by atoms with van der Waals surface area (Å²) in [5.41, 5.74) is 1.14. The van der Waals surface area contributed by atoms with E-state index in [9.17, 15) is 22.8 Å². The lowest BCUT2D eigenvalue weighted by Crippen LogP contribution is -2.22. The Bertz CT molecular complexity index is 802. The lowest BCUT2D eigenvalue weighted by molar-refractivity contribution is -0.138. The van der Waals surface area contributed by atoms with Crippen molar-refractivity contribution < 1.29 is 27.5 Å². The molecule has 2 rings (SSSR count). The molecule has 1 aromatic heterocycles. The van der Waals surface area contributed by atoms with Gasteiger partial charge in [-0.3, -0.25) is 9.78 Å². The van der Waals surface area contributed by atoms with E-state index in [1.165, 1.54) is 37.6 Å². The predicted octanol–water partition coefficient (Wildman–Crippen LogP) is 2.65. The molecule has 1 amide bonds. The summed E-state index contributed by atoms with van der Waals surface area (Å²) >= 11 is 0. The summed E-state index contributed by atoms with van der Waals surface area (Å²) in [5, 5.41) is 3.61. The third kappa shape index (κ3) is 4.63. The quantitative estimate of drug-likeness (QED) is 0.522. The Morgan fingerprint density at radius 1 is 1.20 bits per heavy atom. The molecule has 0 saturated carbocycles. The van der Waals surface area contributed by atoms with Crippen LogP contribution in [0.25, 0.3) is 0 Å². The number of hydrazone groups is 1. The summed E-state index contributed by atoms with van der Waals surface area (Å²) in [6.07, 6.45) is -1.81. The molecule has 0 aliphatic carbocycles. The number of aromatic nitrogens is 1. The molecule has 2 aromatic rings. The maximum Gasteiger partial charge on any atom is 0.418 e. The molecule has 9 heteroatoms. The van der Waals surface area contributed by atoms with Crippen LogP contribution in [0.5, 0.6) is 0 Å². The lowest BCUT2D eigenvalue weighted by Gasteiger charge is -2.10. The van der Waals surface area contributed by atoms with Crippen molar-refractivity contribution in [1.82, 2.24) is 10.4 Å². The Morgan fingerprint density at radius 3 is 2.48 bits per heavy atom. The van der Waals surface area contributed by atoms with Gasteiger partial charge >= 0.3 is 12.1 Å². The molecular formula is C16H12F3N3O3. The zero-order valence-corrected chi connectivity index (χ0v) is 12.9. The Hall–Kier alpha value is -3.23. The van der Waals surface area contributed by atoms with Gasteiger partial charge < -0.3 is 4.74 Å². The van der Waals surface area contributed by atoms with E-state index >= 15 is 0 Å². The maximum atomic E-state index is 12.8. The second-order valence-electron chi connectivity index (χ2n) is 4.73. The molecule has 0 saturated heterocycles. The summed E-state index contributed by atoms with van der Waals surface area (Å²) in [6, 6.07) is 7.00. The first kappa shape index (κ1) is 18.1.